The van der Waals surface area contributed by atoms with Crippen molar-refractivity contribution in [2.24, 2.45) is 0 Å². The van der Waals surface area contributed by atoms with Crippen molar-refractivity contribution < 1.29 is 9.47 Å². The molecule has 5 nitrogen and oxygen atoms in total. The molecule has 1 heterocycles. The number of allylic oxidation sites excluding steroid dienone is 1. The standard InChI is InChI=1S/C19H27N3O2/c1-14(20(2)3)12-18(24-7)15(13-23-6)19-21(4)16-10-8-9-11-17(16)22(19)5/h8-13,19H,1H2,2-7H3/b15-13-,18-12+. The lowest BCUT2D eigenvalue weighted by Gasteiger charge is -2.30. The van der Waals surface area contributed by atoms with Crippen LogP contribution in [0.25, 0.3) is 0 Å². The minimum atomic E-state index is -0.0245. The summed E-state index contributed by atoms with van der Waals surface area (Å²) < 4.78 is 11.0. The van der Waals surface area contributed by atoms with E-state index in [1.165, 1.54) is 11.4 Å². The maximum atomic E-state index is 5.67. The van der Waals surface area contributed by atoms with Crippen LogP contribution in [-0.2, 0) is 9.47 Å². The molecule has 0 radical (unpaired) electrons. The number of methoxy groups -OCH3 is 2. The van der Waals surface area contributed by atoms with Crippen LogP contribution in [0.4, 0.5) is 11.4 Å². The van der Waals surface area contributed by atoms with Gasteiger partial charge in [0.2, 0.25) is 0 Å². The summed E-state index contributed by atoms with van der Waals surface area (Å²) in [5.74, 6) is 0.729. The molecule has 5 heteroatoms. The number of anilines is 2. The summed E-state index contributed by atoms with van der Waals surface area (Å²) in [5.41, 5.74) is 4.14. The van der Waals surface area contributed by atoms with E-state index in [1.54, 1.807) is 20.5 Å². The minimum Gasteiger partial charge on any atom is -0.504 e. The van der Waals surface area contributed by atoms with Crippen molar-refractivity contribution in [3.63, 3.8) is 0 Å². The Labute approximate surface area is 145 Å². The van der Waals surface area contributed by atoms with Crippen LogP contribution in [0.2, 0.25) is 0 Å². The second-order valence-electron chi connectivity index (χ2n) is 5.99. The number of fused-ring (bicyclic) bond motifs is 1. The molecule has 0 saturated heterocycles. The van der Waals surface area contributed by atoms with Crippen molar-refractivity contribution in [2.45, 2.75) is 6.17 Å². The Kier molecular flexibility index (Phi) is 5.44. The van der Waals surface area contributed by atoms with Gasteiger partial charge in [0.15, 0.2) is 0 Å². The van der Waals surface area contributed by atoms with Crippen LogP contribution >= 0.6 is 0 Å². The van der Waals surface area contributed by atoms with Crippen LogP contribution in [0.3, 0.4) is 0 Å². The number of hydrogen-bond acceptors (Lipinski definition) is 5. The Hall–Kier alpha value is -2.56. The molecule has 0 atom stereocenters. The predicted octanol–water partition coefficient (Wildman–Crippen LogP) is 3.03. The first-order chi connectivity index (χ1) is 11.4. The Bertz CT molecular complexity index is 635. The van der Waals surface area contributed by atoms with Gasteiger partial charge in [0, 0.05) is 40.0 Å². The third kappa shape index (κ3) is 3.20. The Morgan fingerprint density at radius 3 is 2.08 bits per heavy atom. The van der Waals surface area contributed by atoms with Gasteiger partial charge in [-0.2, -0.15) is 0 Å². The molecule has 0 N–H and O–H groups in total. The molecule has 1 aromatic carbocycles. The highest BCUT2D eigenvalue weighted by Crippen LogP contribution is 2.41. The van der Waals surface area contributed by atoms with E-state index in [0.717, 1.165) is 17.0 Å². The van der Waals surface area contributed by atoms with Crippen LogP contribution in [0, 0.1) is 0 Å². The largest absolute Gasteiger partial charge is 0.504 e. The highest BCUT2D eigenvalue weighted by Gasteiger charge is 2.35. The summed E-state index contributed by atoms with van der Waals surface area (Å²) in [4.78, 5) is 6.37. The molecular formula is C19H27N3O2. The highest BCUT2D eigenvalue weighted by atomic mass is 16.5. The van der Waals surface area contributed by atoms with Crippen LogP contribution in [0.1, 0.15) is 0 Å². The van der Waals surface area contributed by atoms with Crippen LogP contribution < -0.4 is 9.80 Å². The van der Waals surface area contributed by atoms with Gasteiger partial charge in [-0.05, 0) is 12.1 Å². The van der Waals surface area contributed by atoms with Crippen molar-refractivity contribution in [3.05, 3.63) is 60.2 Å². The highest BCUT2D eigenvalue weighted by molar-refractivity contribution is 5.78. The summed E-state index contributed by atoms with van der Waals surface area (Å²) in [5, 5.41) is 0. The monoisotopic (exact) mass is 329 g/mol. The number of nitrogens with zero attached hydrogens (tertiary/aromatic N) is 3. The number of likely N-dealkylation sites (N-methyl/N-ethyl adjacent to an activating group) is 3. The van der Waals surface area contributed by atoms with Gasteiger partial charge in [0.25, 0.3) is 0 Å². The molecule has 0 bridgehead atoms. The molecule has 0 amide bonds. The van der Waals surface area contributed by atoms with Crippen LogP contribution in [0.5, 0.6) is 0 Å². The zero-order valence-corrected chi connectivity index (χ0v) is 15.4. The van der Waals surface area contributed by atoms with E-state index >= 15 is 0 Å². The van der Waals surface area contributed by atoms with Crippen LogP contribution in [-0.4, -0.2) is 53.5 Å². The molecule has 1 aliphatic heterocycles. The maximum Gasteiger partial charge on any atom is 0.134 e. The normalized spacial score (nSPS) is 15.4. The third-order valence-corrected chi connectivity index (χ3v) is 4.27. The van der Waals surface area contributed by atoms with Gasteiger partial charge in [-0.25, -0.2) is 0 Å². The first-order valence-corrected chi connectivity index (χ1v) is 7.82. The summed E-state index contributed by atoms with van der Waals surface area (Å²) in [6.45, 7) is 4.06. The number of ether oxygens (including phenoxy) is 2. The molecule has 0 spiro atoms. The summed E-state index contributed by atoms with van der Waals surface area (Å²) in [7, 11) is 11.4. The van der Waals surface area contributed by atoms with Gasteiger partial charge in [0.05, 0.1) is 37.4 Å². The van der Waals surface area contributed by atoms with E-state index in [9.17, 15) is 0 Å². The average Bonchev–Trinajstić information content (AvgIpc) is 2.82. The minimum absolute atomic E-state index is 0.0245. The first-order valence-electron chi connectivity index (χ1n) is 7.82. The molecule has 0 aromatic heterocycles. The van der Waals surface area contributed by atoms with Crippen molar-refractivity contribution >= 4 is 11.4 Å². The molecule has 130 valence electrons. The number of benzene rings is 1. The van der Waals surface area contributed by atoms with Gasteiger partial charge >= 0.3 is 0 Å². The van der Waals surface area contributed by atoms with E-state index in [0.29, 0.717) is 0 Å². The number of hydrogen-bond donors (Lipinski definition) is 0. The molecular weight excluding hydrogens is 302 g/mol. The first kappa shape index (κ1) is 17.8. The van der Waals surface area contributed by atoms with Gasteiger partial charge in [0.1, 0.15) is 11.9 Å². The van der Waals surface area contributed by atoms with E-state index in [2.05, 4.69) is 42.6 Å². The Morgan fingerprint density at radius 2 is 1.67 bits per heavy atom. The van der Waals surface area contributed by atoms with Crippen molar-refractivity contribution in [1.29, 1.82) is 0 Å². The second-order valence-corrected chi connectivity index (χ2v) is 5.99. The molecule has 24 heavy (non-hydrogen) atoms. The molecule has 0 fully saturated rings. The summed E-state index contributed by atoms with van der Waals surface area (Å²) >= 11 is 0. The van der Waals surface area contributed by atoms with Crippen molar-refractivity contribution in [1.82, 2.24) is 4.90 Å². The maximum absolute atomic E-state index is 5.67. The number of rotatable bonds is 6. The SMILES string of the molecule is C=C(/C=C(OC)\C(=C\OC)C1N(C)c2ccccc2N1C)N(C)C. The zero-order chi connectivity index (χ0) is 17.9. The van der Waals surface area contributed by atoms with Gasteiger partial charge in [-0.1, -0.05) is 18.7 Å². The third-order valence-electron chi connectivity index (χ3n) is 4.27. The van der Waals surface area contributed by atoms with E-state index < -0.39 is 0 Å². The molecule has 0 aliphatic carbocycles. The topological polar surface area (TPSA) is 28.2 Å². The Morgan fingerprint density at radius 1 is 1.12 bits per heavy atom. The van der Waals surface area contributed by atoms with Crippen LogP contribution in [0.15, 0.2) is 60.2 Å². The fourth-order valence-corrected chi connectivity index (χ4v) is 2.91. The van der Waals surface area contributed by atoms with Gasteiger partial charge in [-0.15, -0.1) is 0 Å². The molecule has 0 saturated carbocycles. The lowest BCUT2D eigenvalue weighted by molar-refractivity contribution is 0.281. The van der Waals surface area contributed by atoms with E-state index in [4.69, 9.17) is 9.47 Å². The average molecular weight is 329 g/mol. The fraction of sp³-hybridized carbons (Fsp3) is 0.368. The zero-order valence-electron chi connectivity index (χ0n) is 15.4. The molecule has 2 rings (SSSR count). The van der Waals surface area contributed by atoms with E-state index in [1.807, 2.05) is 37.2 Å². The molecule has 1 aliphatic rings. The fourth-order valence-electron chi connectivity index (χ4n) is 2.91. The lowest BCUT2D eigenvalue weighted by Crippen LogP contribution is -2.41. The molecule has 0 unspecified atom stereocenters. The van der Waals surface area contributed by atoms with Crippen molar-refractivity contribution in [2.75, 3.05) is 52.2 Å². The Balaban J connectivity index is 2.46. The number of para-hydroxylation sites is 2. The predicted molar refractivity (Wildman–Crippen MR) is 100 cm³/mol. The second kappa shape index (κ2) is 7.34. The quantitative estimate of drug-likeness (QED) is 0.591. The summed E-state index contributed by atoms with van der Waals surface area (Å²) in [6, 6.07) is 8.33. The smallest absolute Gasteiger partial charge is 0.134 e. The van der Waals surface area contributed by atoms with Gasteiger partial charge < -0.3 is 24.2 Å². The van der Waals surface area contributed by atoms with E-state index in [-0.39, 0.29) is 6.17 Å². The lowest BCUT2D eigenvalue weighted by atomic mass is 10.1. The van der Waals surface area contributed by atoms with Crippen molar-refractivity contribution in [3.8, 4) is 0 Å². The van der Waals surface area contributed by atoms with Gasteiger partial charge in [-0.3, -0.25) is 0 Å². The summed E-state index contributed by atoms with van der Waals surface area (Å²) in [6.07, 6.45) is 3.64. The molecule has 1 aromatic rings.